The molecule has 0 aliphatic carbocycles. The normalized spacial score (nSPS) is 11.7. The maximum absolute atomic E-state index is 13.7. The minimum atomic E-state index is -0.796. The summed E-state index contributed by atoms with van der Waals surface area (Å²) in [6.07, 6.45) is -0.231. The Balaban J connectivity index is 1.96. The summed E-state index contributed by atoms with van der Waals surface area (Å²) in [4.78, 5) is 34.3. The van der Waals surface area contributed by atoms with Crippen molar-refractivity contribution in [1.29, 1.82) is 0 Å². The lowest BCUT2D eigenvalue weighted by Crippen LogP contribution is -2.22. The number of rotatable bonds is 6. The van der Waals surface area contributed by atoms with Crippen molar-refractivity contribution in [3.63, 3.8) is 0 Å². The predicted octanol–water partition coefficient (Wildman–Crippen LogP) is 4.17. The molecule has 9 heteroatoms. The highest BCUT2D eigenvalue weighted by molar-refractivity contribution is 6.06. The molecule has 0 unspecified atom stereocenters. The van der Waals surface area contributed by atoms with Crippen LogP contribution in [-0.4, -0.2) is 22.4 Å². The van der Waals surface area contributed by atoms with E-state index in [2.05, 4.69) is 36.6 Å². The number of halogens is 1. The first-order valence-corrected chi connectivity index (χ1v) is 9.15. The van der Waals surface area contributed by atoms with Crippen LogP contribution in [-0.2, 0) is 10.2 Å². The van der Waals surface area contributed by atoms with Gasteiger partial charge in [0.2, 0.25) is 5.91 Å². The first-order chi connectivity index (χ1) is 14.0. The van der Waals surface area contributed by atoms with Gasteiger partial charge in [0.25, 0.3) is 11.6 Å². The van der Waals surface area contributed by atoms with Gasteiger partial charge in [0.05, 0.1) is 17.0 Å². The summed E-state index contributed by atoms with van der Waals surface area (Å²) in [5.74, 6) is -1.85. The zero-order valence-corrected chi connectivity index (χ0v) is 17.2. The van der Waals surface area contributed by atoms with E-state index >= 15 is 0 Å². The summed E-state index contributed by atoms with van der Waals surface area (Å²) in [5, 5.41) is 16.9. The third-order valence-electron chi connectivity index (χ3n) is 4.21. The van der Waals surface area contributed by atoms with Crippen LogP contribution in [0.25, 0.3) is 0 Å². The summed E-state index contributed by atoms with van der Waals surface area (Å²) < 4.78 is 13.7. The number of nitro groups is 1. The number of nitro benzene ring substituents is 1. The maximum atomic E-state index is 13.7. The molecule has 2 rings (SSSR count). The highest BCUT2D eigenvalue weighted by Crippen LogP contribution is 2.22. The Kier molecular flexibility index (Phi) is 6.99. The van der Waals surface area contributed by atoms with Crippen LogP contribution in [0.4, 0.5) is 15.8 Å². The molecule has 0 heterocycles. The zero-order valence-electron chi connectivity index (χ0n) is 17.2. The lowest BCUT2D eigenvalue weighted by Gasteiger charge is -2.18. The molecule has 0 fully saturated rings. The fourth-order valence-electron chi connectivity index (χ4n) is 2.52. The molecule has 0 bridgehead atoms. The van der Waals surface area contributed by atoms with Crippen molar-refractivity contribution >= 4 is 28.9 Å². The molecule has 0 saturated heterocycles. The lowest BCUT2D eigenvalue weighted by molar-refractivity contribution is -0.384. The van der Waals surface area contributed by atoms with Crippen molar-refractivity contribution in [2.75, 3.05) is 5.32 Å². The molecule has 0 aromatic heterocycles. The van der Waals surface area contributed by atoms with Gasteiger partial charge in [-0.3, -0.25) is 19.7 Å². The lowest BCUT2D eigenvalue weighted by atomic mass is 9.87. The predicted molar refractivity (Wildman–Crippen MR) is 112 cm³/mol. The largest absolute Gasteiger partial charge is 0.323 e. The molecule has 158 valence electrons. The minimum absolute atomic E-state index is 0.0320. The number of nitrogens with zero attached hydrogens (tertiary/aromatic N) is 2. The summed E-state index contributed by atoms with van der Waals surface area (Å²) in [6, 6.07) is 9.96. The molecule has 2 aromatic carbocycles. The van der Waals surface area contributed by atoms with Gasteiger partial charge in [0.15, 0.2) is 0 Å². The van der Waals surface area contributed by atoms with E-state index in [1.165, 1.54) is 6.92 Å². The molecule has 8 nitrogen and oxygen atoms in total. The number of hydrogen-bond donors (Lipinski definition) is 2. The third kappa shape index (κ3) is 6.20. The third-order valence-corrected chi connectivity index (χ3v) is 4.21. The molecule has 0 radical (unpaired) electrons. The van der Waals surface area contributed by atoms with E-state index in [0.717, 1.165) is 23.8 Å². The zero-order chi connectivity index (χ0) is 22.5. The van der Waals surface area contributed by atoms with Gasteiger partial charge in [0, 0.05) is 23.4 Å². The first kappa shape index (κ1) is 22.7. The average Bonchev–Trinajstić information content (AvgIpc) is 2.67. The molecule has 0 spiro atoms. The van der Waals surface area contributed by atoms with E-state index in [9.17, 15) is 24.1 Å². The SMILES string of the molecule is C/C(CC(=O)Nc1cc([N+](=O)[O-])ccc1F)=N\NC(=O)c1ccc(C(C)(C)C)cc1. The monoisotopic (exact) mass is 414 g/mol. The summed E-state index contributed by atoms with van der Waals surface area (Å²) >= 11 is 0. The van der Waals surface area contributed by atoms with E-state index < -0.39 is 22.6 Å². The van der Waals surface area contributed by atoms with Gasteiger partial charge >= 0.3 is 0 Å². The summed E-state index contributed by atoms with van der Waals surface area (Å²) in [5.41, 5.74) is 3.47. The molecule has 2 aromatic rings. The van der Waals surface area contributed by atoms with Crippen molar-refractivity contribution in [3.8, 4) is 0 Å². The van der Waals surface area contributed by atoms with Gasteiger partial charge in [-0.25, -0.2) is 9.82 Å². The van der Waals surface area contributed by atoms with Gasteiger partial charge in [0.1, 0.15) is 5.82 Å². The van der Waals surface area contributed by atoms with E-state index in [-0.39, 0.29) is 28.9 Å². The molecule has 2 N–H and O–H groups in total. The van der Waals surface area contributed by atoms with Crippen LogP contribution in [0.15, 0.2) is 47.6 Å². The molecule has 0 atom stereocenters. The number of benzene rings is 2. The number of hydrogen-bond acceptors (Lipinski definition) is 5. The molecule has 0 aliphatic rings. The molecular formula is C21H23FN4O4. The van der Waals surface area contributed by atoms with Crippen molar-refractivity contribution < 1.29 is 18.9 Å². The molecule has 0 saturated carbocycles. The molecule has 2 amide bonds. The molecule has 0 aliphatic heterocycles. The van der Waals surface area contributed by atoms with Crippen molar-refractivity contribution in [2.24, 2.45) is 5.10 Å². The van der Waals surface area contributed by atoms with E-state index in [1.807, 2.05) is 12.1 Å². The standard InChI is InChI=1S/C21H23FN4O4/c1-13(11-19(27)23-18-12-16(26(29)30)9-10-17(18)22)24-25-20(28)14-5-7-15(8-6-14)21(2,3)4/h5-10,12H,11H2,1-4H3,(H,23,27)(H,25,28)/b24-13+. The second kappa shape index (κ2) is 9.25. The van der Waals surface area contributed by atoms with Crippen LogP contribution in [0.1, 0.15) is 50.0 Å². The highest BCUT2D eigenvalue weighted by atomic mass is 19.1. The Hall–Kier alpha value is -3.62. The number of nitrogens with one attached hydrogen (secondary N) is 2. The van der Waals surface area contributed by atoms with Gasteiger partial charge in [-0.2, -0.15) is 5.10 Å². The second-order valence-corrected chi connectivity index (χ2v) is 7.76. The number of anilines is 1. The fraction of sp³-hybridized carbons (Fsp3) is 0.286. The smallest absolute Gasteiger partial charge is 0.271 e. The second-order valence-electron chi connectivity index (χ2n) is 7.76. The van der Waals surface area contributed by atoms with E-state index in [0.29, 0.717) is 5.56 Å². The quantitative estimate of drug-likeness (QED) is 0.419. The Labute approximate surface area is 173 Å². The Morgan fingerprint density at radius 1 is 1.13 bits per heavy atom. The highest BCUT2D eigenvalue weighted by Gasteiger charge is 2.15. The Morgan fingerprint density at radius 3 is 2.33 bits per heavy atom. The Morgan fingerprint density at radius 2 is 1.77 bits per heavy atom. The van der Waals surface area contributed by atoms with Crippen molar-refractivity contribution in [2.45, 2.75) is 39.5 Å². The van der Waals surface area contributed by atoms with Crippen molar-refractivity contribution in [3.05, 3.63) is 69.5 Å². The minimum Gasteiger partial charge on any atom is -0.323 e. The van der Waals surface area contributed by atoms with Crippen LogP contribution in [0.2, 0.25) is 0 Å². The van der Waals surface area contributed by atoms with Gasteiger partial charge in [-0.1, -0.05) is 32.9 Å². The van der Waals surface area contributed by atoms with Crippen LogP contribution < -0.4 is 10.7 Å². The number of non-ortho nitro benzene ring substituents is 1. The van der Waals surface area contributed by atoms with Crippen LogP contribution in [0.5, 0.6) is 0 Å². The first-order valence-electron chi connectivity index (χ1n) is 9.15. The number of amides is 2. The Bertz CT molecular complexity index is 995. The van der Waals surface area contributed by atoms with E-state index in [4.69, 9.17) is 0 Å². The topological polar surface area (TPSA) is 114 Å². The van der Waals surface area contributed by atoms with Gasteiger partial charge in [-0.05, 0) is 36.1 Å². The molecular weight excluding hydrogens is 391 g/mol. The maximum Gasteiger partial charge on any atom is 0.271 e. The van der Waals surface area contributed by atoms with Gasteiger partial charge < -0.3 is 5.32 Å². The van der Waals surface area contributed by atoms with Gasteiger partial charge in [-0.15, -0.1) is 0 Å². The summed E-state index contributed by atoms with van der Waals surface area (Å²) in [6.45, 7) is 7.73. The fourth-order valence-corrected chi connectivity index (χ4v) is 2.52. The number of carbonyl (C=O) groups is 2. The number of carbonyl (C=O) groups excluding carboxylic acids is 2. The van der Waals surface area contributed by atoms with Crippen LogP contribution >= 0.6 is 0 Å². The molecule has 30 heavy (non-hydrogen) atoms. The van der Waals surface area contributed by atoms with Crippen LogP contribution in [0.3, 0.4) is 0 Å². The van der Waals surface area contributed by atoms with Crippen molar-refractivity contribution in [1.82, 2.24) is 5.43 Å². The van der Waals surface area contributed by atoms with Crippen LogP contribution in [0, 0.1) is 15.9 Å². The van der Waals surface area contributed by atoms with E-state index in [1.54, 1.807) is 12.1 Å². The average molecular weight is 414 g/mol. The summed E-state index contributed by atoms with van der Waals surface area (Å²) in [7, 11) is 0. The number of hydrazone groups is 1.